The molecule has 1 saturated heterocycles. The summed E-state index contributed by atoms with van der Waals surface area (Å²) in [6.45, 7) is 5.19. The molecule has 1 aromatic carbocycles. The fraction of sp³-hybridized carbons (Fsp3) is 0.533. The highest BCUT2D eigenvalue weighted by atomic mass is 16.5. The minimum absolute atomic E-state index is 0.0476. The predicted octanol–water partition coefficient (Wildman–Crippen LogP) is 1.75. The van der Waals surface area contributed by atoms with Gasteiger partial charge in [0, 0.05) is 13.1 Å². The summed E-state index contributed by atoms with van der Waals surface area (Å²) in [7, 11) is 0. The van der Waals surface area contributed by atoms with Crippen molar-refractivity contribution in [2.75, 3.05) is 19.7 Å². The molecule has 4 nitrogen and oxygen atoms in total. The van der Waals surface area contributed by atoms with E-state index in [1.54, 1.807) is 11.8 Å². The molecular formula is C15H21NO3. The number of amides is 1. The van der Waals surface area contributed by atoms with E-state index in [1.807, 2.05) is 31.2 Å². The number of para-hydroxylation sites is 1. The van der Waals surface area contributed by atoms with Gasteiger partial charge in [0.2, 0.25) is 5.91 Å². The largest absolute Gasteiger partial charge is 0.493 e. The lowest BCUT2D eigenvalue weighted by Crippen LogP contribution is -2.34. The van der Waals surface area contributed by atoms with Crippen LogP contribution >= 0.6 is 0 Å². The second-order valence-electron chi connectivity index (χ2n) is 5.43. The van der Waals surface area contributed by atoms with Crippen molar-refractivity contribution in [1.82, 2.24) is 4.90 Å². The van der Waals surface area contributed by atoms with Crippen LogP contribution in [0.1, 0.15) is 25.3 Å². The molecule has 4 heteroatoms. The maximum atomic E-state index is 11.9. The summed E-state index contributed by atoms with van der Waals surface area (Å²) in [6, 6.07) is 7.76. The number of aliphatic hydroxyl groups is 1. The lowest BCUT2D eigenvalue weighted by Gasteiger charge is -2.19. The van der Waals surface area contributed by atoms with Crippen molar-refractivity contribution >= 4 is 5.91 Å². The summed E-state index contributed by atoms with van der Waals surface area (Å²) in [6.07, 6.45) is 1.00. The average molecular weight is 263 g/mol. The topological polar surface area (TPSA) is 49.8 Å². The number of rotatable bonds is 4. The first-order valence-corrected chi connectivity index (χ1v) is 6.66. The molecule has 1 fully saturated rings. The van der Waals surface area contributed by atoms with Gasteiger partial charge in [0.15, 0.2) is 0 Å². The van der Waals surface area contributed by atoms with Crippen LogP contribution in [0.25, 0.3) is 0 Å². The van der Waals surface area contributed by atoms with Crippen LogP contribution in [0.4, 0.5) is 0 Å². The molecule has 0 saturated carbocycles. The van der Waals surface area contributed by atoms with Gasteiger partial charge in [0.1, 0.15) is 5.75 Å². The maximum absolute atomic E-state index is 11.9. The fourth-order valence-electron chi connectivity index (χ4n) is 2.28. The highest BCUT2D eigenvalue weighted by Crippen LogP contribution is 2.21. The van der Waals surface area contributed by atoms with Gasteiger partial charge in [-0.15, -0.1) is 0 Å². The number of hydrogen-bond donors (Lipinski definition) is 1. The highest BCUT2D eigenvalue weighted by Gasteiger charge is 2.33. The number of aryl methyl sites for hydroxylation is 1. The van der Waals surface area contributed by atoms with E-state index in [9.17, 15) is 9.90 Å². The van der Waals surface area contributed by atoms with E-state index in [4.69, 9.17) is 4.74 Å². The van der Waals surface area contributed by atoms with Crippen LogP contribution in [0.15, 0.2) is 24.3 Å². The third-order valence-electron chi connectivity index (χ3n) is 3.47. The Labute approximate surface area is 114 Å². The third-order valence-corrected chi connectivity index (χ3v) is 3.47. The van der Waals surface area contributed by atoms with E-state index in [-0.39, 0.29) is 5.91 Å². The van der Waals surface area contributed by atoms with Gasteiger partial charge in [-0.1, -0.05) is 18.2 Å². The van der Waals surface area contributed by atoms with Crippen LogP contribution in [-0.2, 0) is 4.79 Å². The smallest absolute Gasteiger partial charge is 0.226 e. The molecule has 1 heterocycles. The van der Waals surface area contributed by atoms with E-state index in [0.29, 0.717) is 32.5 Å². The fourth-order valence-corrected chi connectivity index (χ4v) is 2.28. The number of ether oxygens (including phenoxy) is 1. The van der Waals surface area contributed by atoms with Crippen LogP contribution in [0.2, 0.25) is 0 Å². The number of benzene rings is 1. The van der Waals surface area contributed by atoms with E-state index in [1.165, 1.54) is 0 Å². The summed E-state index contributed by atoms with van der Waals surface area (Å²) in [5.41, 5.74) is 0.339. The van der Waals surface area contributed by atoms with Crippen LogP contribution < -0.4 is 4.74 Å². The summed E-state index contributed by atoms with van der Waals surface area (Å²) in [5.74, 6) is 0.870. The lowest BCUT2D eigenvalue weighted by atomic mass is 10.1. The van der Waals surface area contributed by atoms with Gasteiger partial charge in [-0.3, -0.25) is 4.79 Å². The van der Waals surface area contributed by atoms with Gasteiger partial charge >= 0.3 is 0 Å². The number of carbonyl (C=O) groups excluding carboxylic acids is 1. The minimum Gasteiger partial charge on any atom is -0.493 e. The molecule has 1 aliphatic heterocycles. The molecule has 0 aromatic heterocycles. The van der Waals surface area contributed by atoms with Crippen molar-refractivity contribution in [2.45, 2.75) is 32.3 Å². The first-order chi connectivity index (χ1) is 8.98. The highest BCUT2D eigenvalue weighted by molar-refractivity contribution is 5.76. The summed E-state index contributed by atoms with van der Waals surface area (Å²) in [5, 5.41) is 9.83. The Kier molecular flexibility index (Phi) is 4.10. The second kappa shape index (κ2) is 5.61. The Bertz CT molecular complexity index is 456. The predicted molar refractivity (Wildman–Crippen MR) is 73.1 cm³/mol. The van der Waals surface area contributed by atoms with E-state index >= 15 is 0 Å². The molecule has 104 valence electrons. The molecule has 19 heavy (non-hydrogen) atoms. The van der Waals surface area contributed by atoms with Crippen LogP contribution in [0.3, 0.4) is 0 Å². The van der Waals surface area contributed by atoms with Gasteiger partial charge in [-0.05, 0) is 31.9 Å². The van der Waals surface area contributed by atoms with Gasteiger partial charge in [-0.2, -0.15) is 0 Å². The Balaban J connectivity index is 1.77. The molecule has 0 aliphatic carbocycles. The monoisotopic (exact) mass is 263 g/mol. The van der Waals surface area contributed by atoms with Gasteiger partial charge in [0.25, 0.3) is 0 Å². The molecule has 0 radical (unpaired) electrons. The van der Waals surface area contributed by atoms with E-state index in [2.05, 4.69) is 0 Å². The zero-order valence-electron chi connectivity index (χ0n) is 11.6. The first kappa shape index (κ1) is 13.9. The van der Waals surface area contributed by atoms with Crippen molar-refractivity contribution < 1.29 is 14.6 Å². The molecule has 1 atom stereocenters. The summed E-state index contributed by atoms with van der Waals surface area (Å²) in [4.78, 5) is 13.7. The number of carbonyl (C=O) groups is 1. The molecule has 0 spiro atoms. The van der Waals surface area contributed by atoms with Crippen molar-refractivity contribution in [3.05, 3.63) is 29.8 Å². The normalized spacial score (nSPS) is 22.6. The minimum atomic E-state index is -0.730. The Morgan fingerprint density at radius 3 is 2.84 bits per heavy atom. The number of likely N-dealkylation sites (tertiary alicyclic amines) is 1. The molecular weight excluding hydrogens is 242 g/mol. The lowest BCUT2D eigenvalue weighted by molar-refractivity contribution is -0.131. The summed E-state index contributed by atoms with van der Waals surface area (Å²) < 4.78 is 5.61. The Hall–Kier alpha value is -1.55. The van der Waals surface area contributed by atoms with Crippen molar-refractivity contribution in [2.24, 2.45) is 0 Å². The van der Waals surface area contributed by atoms with Crippen molar-refractivity contribution in [3.8, 4) is 5.75 Å². The van der Waals surface area contributed by atoms with Gasteiger partial charge in [0.05, 0.1) is 18.6 Å². The first-order valence-electron chi connectivity index (χ1n) is 6.66. The van der Waals surface area contributed by atoms with Crippen LogP contribution in [0.5, 0.6) is 5.75 Å². The maximum Gasteiger partial charge on any atom is 0.226 e. The molecule has 2 rings (SSSR count). The average Bonchev–Trinajstić information content (AvgIpc) is 2.72. The molecule has 1 amide bonds. The Morgan fingerprint density at radius 1 is 1.47 bits per heavy atom. The van der Waals surface area contributed by atoms with Crippen LogP contribution in [-0.4, -0.2) is 41.2 Å². The van der Waals surface area contributed by atoms with Crippen LogP contribution in [0, 0.1) is 6.92 Å². The Morgan fingerprint density at radius 2 is 2.21 bits per heavy atom. The zero-order chi connectivity index (χ0) is 13.9. The van der Waals surface area contributed by atoms with Crippen molar-refractivity contribution in [3.63, 3.8) is 0 Å². The third kappa shape index (κ3) is 3.70. The molecule has 1 aliphatic rings. The van der Waals surface area contributed by atoms with E-state index in [0.717, 1.165) is 11.3 Å². The second-order valence-corrected chi connectivity index (χ2v) is 5.43. The van der Waals surface area contributed by atoms with E-state index < -0.39 is 5.60 Å². The van der Waals surface area contributed by atoms with Crippen molar-refractivity contribution in [1.29, 1.82) is 0 Å². The molecule has 1 N–H and O–H groups in total. The summed E-state index contributed by atoms with van der Waals surface area (Å²) >= 11 is 0. The van der Waals surface area contributed by atoms with Gasteiger partial charge < -0.3 is 14.7 Å². The number of hydrogen-bond acceptors (Lipinski definition) is 3. The molecule has 1 aromatic rings. The molecule has 0 bridgehead atoms. The standard InChI is InChI=1S/C15H21NO3/c1-12-5-3-4-6-13(12)19-10-7-14(17)16-9-8-15(2,18)11-16/h3-6,18H,7-11H2,1-2H3. The SMILES string of the molecule is Cc1ccccc1OCCC(=O)N1CCC(C)(O)C1. The number of β-amino-alcohol motifs (C(OH)–C–C–N with tert-alkyl or cyclic N) is 1. The zero-order valence-corrected chi connectivity index (χ0v) is 11.6. The van der Waals surface area contributed by atoms with Gasteiger partial charge in [-0.25, -0.2) is 0 Å². The number of nitrogens with zero attached hydrogens (tertiary/aromatic N) is 1. The quantitative estimate of drug-likeness (QED) is 0.900. The molecule has 1 unspecified atom stereocenters.